The smallest absolute Gasteiger partial charge is 0.165 e. The van der Waals surface area contributed by atoms with E-state index in [-0.39, 0.29) is 16.0 Å². The van der Waals surface area contributed by atoms with Crippen molar-refractivity contribution in [2.75, 3.05) is 11.5 Å². The lowest BCUT2D eigenvalue weighted by Gasteiger charge is -2.00. The molecule has 1 rings (SSSR count). The number of halogens is 2. The summed E-state index contributed by atoms with van der Waals surface area (Å²) < 4.78 is 12.9. The average molecular weight is 206 g/mol. The van der Waals surface area contributed by atoms with Crippen LogP contribution >= 0.6 is 15.9 Å². The largest absolute Gasteiger partial charge is 0.393 e. The normalized spacial score (nSPS) is 9.80. The lowest BCUT2D eigenvalue weighted by atomic mass is 10.4. The van der Waals surface area contributed by atoms with E-state index in [0.717, 1.165) is 0 Å². The summed E-state index contributed by atoms with van der Waals surface area (Å²) in [5, 5.41) is 0. The summed E-state index contributed by atoms with van der Waals surface area (Å²) in [5.74, 6) is -0.548. The summed E-state index contributed by atoms with van der Waals surface area (Å²) in [4.78, 5) is 3.60. The van der Waals surface area contributed by atoms with Crippen LogP contribution in [0.3, 0.4) is 0 Å². The molecule has 0 saturated carbocycles. The second-order valence-electron chi connectivity index (χ2n) is 1.72. The van der Waals surface area contributed by atoms with Gasteiger partial charge in [0.05, 0.1) is 4.47 Å². The number of pyridine rings is 1. The molecule has 0 radical (unpaired) electrons. The van der Waals surface area contributed by atoms with Crippen molar-refractivity contribution in [3.63, 3.8) is 0 Å². The molecule has 0 saturated heterocycles. The van der Waals surface area contributed by atoms with E-state index in [0.29, 0.717) is 0 Å². The van der Waals surface area contributed by atoms with E-state index in [1.165, 1.54) is 6.20 Å². The van der Waals surface area contributed by atoms with E-state index in [2.05, 4.69) is 20.9 Å². The summed E-state index contributed by atoms with van der Waals surface area (Å²) in [7, 11) is 0. The van der Waals surface area contributed by atoms with E-state index in [4.69, 9.17) is 11.5 Å². The number of nitrogens with zero attached hydrogens (tertiary/aromatic N) is 1. The highest BCUT2D eigenvalue weighted by Gasteiger charge is 2.06. The van der Waals surface area contributed by atoms with Gasteiger partial charge in [-0.3, -0.25) is 0 Å². The maximum atomic E-state index is 12.7. The Kier molecular flexibility index (Phi) is 1.76. The predicted octanol–water partition coefficient (Wildman–Crippen LogP) is 1.15. The molecule has 0 bridgehead atoms. The third-order valence-electron chi connectivity index (χ3n) is 1.04. The van der Waals surface area contributed by atoms with E-state index < -0.39 is 5.82 Å². The molecule has 3 nitrogen and oxygen atoms in total. The van der Waals surface area contributed by atoms with Gasteiger partial charge in [-0.2, -0.15) is 0 Å². The molecule has 0 aromatic carbocycles. The van der Waals surface area contributed by atoms with Crippen LogP contribution in [-0.4, -0.2) is 4.98 Å². The highest BCUT2D eigenvalue weighted by atomic mass is 79.9. The van der Waals surface area contributed by atoms with Crippen molar-refractivity contribution < 1.29 is 4.39 Å². The van der Waals surface area contributed by atoms with Crippen LogP contribution in [0.4, 0.5) is 15.9 Å². The van der Waals surface area contributed by atoms with Gasteiger partial charge in [-0.15, -0.1) is 0 Å². The molecule has 54 valence electrons. The summed E-state index contributed by atoms with van der Waals surface area (Å²) >= 11 is 2.91. The molecule has 5 heteroatoms. The van der Waals surface area contributed by atoms with Crippen LogP contribution in [0.15, 0.2) is 10.7 Å². The Balaban J connectivity index is 3.34. The molecule has 1 aromatic heterocycles. The predicted molar refractivity (Wildman–Crippen MR) is 40.7 cm³/mol. The first-order valence-electron chi connectivity index (χ1n) is 2.48. The first-order chi connectivity index (χ1) is 4.63. The van der Waals surface area contributed by atoms with Crippen molar-refractivity contribution in [1.29, 1.82) is 0 Å². The van der Waals surface area contributed by atoms with Gasteiger partial charge in [0.25, 0.3) is 0 Å². The average Bonchev–Trinajstić information content (AvgIpc) is 1.93. The van der Waals surface area contributed by atoms with Gasteiger partial charge in [0.2, 0.25) is 0 Å². The molecule has 0 aliphatic rings. The zero-order valence-electron chi connectivity index (χ0n) is 4.94. The lowest BCUT2D eigenvalue weighted by molar-refractivity contribution is 0.624. The molecule has 1 heterocycles. The molecule has 0 unspecified atom stereocenters. The SMILES string of the molecule is Nc1ncc(Br)c(F)c1N. The quantitative estimate of drug-likeness (QED) is 0.668. The molecule has 0 aliphatic heterocycles. The van der Waals surface area contributed by atoms with Crippen molar-refractivity contribution in [3.8, 4) is 0 Å². The molecular weight excluding hydrogens is 201 g/mol. The highest BCUT2D eigenvalue weighted by molar-refractivity contribution is 9.10. The number of hydrogen-bond acceptors (Lipinski definition) is 3. The minimum atomic E-state index is -0.562. The topological polar surface area (TPSA) is 64.9 Å². The van der Waals surface area contributed by atoms with Crippen LogP contribution in [0, 0.1) is 5.82 Å². The maximum absolute atomic E-state index is 12.7. The van der Waals surface area contributed by atoms with Crippen molar-refractivity contribution in [2.24, 2.45) is 0 Å². The first kappa shape index (κ1) is 7.27. The summed E-state index contributed by atoms with van der Waals surface area (Å²) in [6, 6.07) is 0. The third kappa shape index (κ3) is 1.04. The molecule has 0 aliphatic carbocycles. The Morgan fingerprint density at radius 2 is 2.10 bits per heavy atom. The van der Waals surface area contributed by atoms with Crippen molar-refractivity contribution in [1.82, 2.24) is 4.98 Å². The van der Waals surface area contributed by atoms with Crippen LogP contribution in [0.1, 0.15) is 0 Å². The highest BCUT2D eigenvalue weighted by Crippen LogP contribution is 2.22. The van der Waals surface area contributed by atoms with Crippen LogP contribution in [0.2, 0.25) is 0 Å². The van der Waals surface area contributed by atoms with Crippen molar-refractivity contribution in [3.05, 3.63) is 16.5 Å². The minimum Gasteiger partial charge on any atom is -0.393 e. The second kappa shape index (κ2) is 2.42. The van der Waals surface area contributed by atoms with Crippen molar-refractivity contribution >= 4 is 27.4 Å². The van der Waals surface area contributed by atoms with Gasteiger partial charge in [-0.1, -0.05) is 0 Å². The zero-order chi connectivity index (χ0) is 7.72. The minimum absolute atomic E-state index is 0.0145. The third-order valence-corrected chi connectivity index (χ3v) is 1.59. The Bertz CT molecular complexity index is 236. The van der Waals surface area contributed by atoms with Gasteiger partial charge in [-0.25, -0.2) is 9.37 Å². The molecule has 0 amide bonds. The van der Waals surface area contributed by atoms with Gasteiger partial charge in [0, 0.05) is 6.20 Å². The van der Waals surface area contributed by atoms with Crippen LogP contribution in [-0.2, 0) is 0 Å². The Labute approximate surface area is 65.4 Å². The summed E-state index contributed by atoms with van der Waals surface area (Å²) in [6.07, 6.45) is 1.26. The Morgan fingerprint density at radius 3 is 2.60 bits per heavy atom. The Hall–Kier alpha value is -0.840. The van der Waals surface area contributed by atoms with E-state index in [1.54, 1.807) is 0 Å². The van der Waals surface area contributed by atoms with Crippen LogP contribution in [0.25, 0.3) is 0 Å². The van der Waals surface area contributed by atoms with Crippen LogP contribution < -0.4 is 11.5 Å². The Morgan fingerprint density at radius 1 is 1.50 bits per heavy atom. The van der Waals surface area contributed by atoms with Crippen molar-refractivity contribution in [2.45, 2.75) is 0 Å². The number of nitrogen functional groups attached to an aromatic ring is 2. The fourth-order valence-electron chi connectivity index (χ4n) is 0.494. The first-order valence-corrected chi connectivity index (χ1v) is 3.27. The second-order valence-corrected chi connectivity index (χ2v) is 2.57. The van der Waals surface area contributed by atoms with E-state index in [9.17, 15) is 4.39 Å². The summed E-state index contributed by atoms with van der Waals surface area (Å²) in [6.45, 7) is 0. The molecule has 0 atom stereocenters. The molecule has 0 spiro atoms. The monoisotopic (exact) mass is 205 g/mol. The fraction of sp³-hybridized carbons (Fsp3) is 0. The molecule has 10 heavy (non-hydrogen) atoms. The number of hydrogen-bond donors (Lipinski definition) is 2. The van der Waals surface area contributed by atoms with Gasteiger partial charge in [0.1, 0.15) is 11.5 Å². The molecule has 0 fully saturated rings. The van der Waals surface area contributed by atoms with Gasteiger partial charge in [-0.05, 0) is 15.9 Å². The summed E-state index contributed by atoms with van der Waals surface area (Å²) in [5.41, 5.74) is 10.3. The van der Waals surface area contributed by atoms with Gasteiger partial charge >= 0.3 is 0 Å². The van der Waals surface area contributed by atoms with Gasteiger partial charge < -0.3 is 11.5 Å². The van der Waals surface area contributed by atoms with E-state index in [1.807, 2.05) is 0 Å². The fourth-order valence-corrected chi connectivity index (χ4v) is 0.809. The molecule has 1 aromatic rings. The molecule has 4 N–H and O–H groups in total. The number of nitrogens with two attached hydrogens (primary N) is 2. The number of rotatable bonds is 0. The number of anilines is 2. The van der Waals surface area contributed by atoms with E-state index >= 15 is 0 Å². The molecular formula is C5H5BrFN3. The maximum Gasteiger partial charge on any atom is 0.165 e. The number of aromatic nitrogens is 1. The zero-order valence-corrected chi connectivity index (χ0v) is 6.52. The van der Waals surface area contributed by atoms with Gasteiger partial charge in [0.15, 0.2) is 5.82 Å². The van der Waals surface area contributed by atoms with Crippen LogP contribution in [0.5, 0.6) is 0 Å². The lowest BCUT2D eigenvalue weighted by Crippen LogP contribution is -2.00. The standard InChI is InChI=1S/C5H5BrFN3/c6-2-1-10-5(9)4(8)3(2)7/h1H,8H2,(H2,9,10).